The second-order valence-corrected chi connectivity index (χ2v) is 8.55. The lowest BCUT2D eigenvalue weighted by Crippen LogP contribution is -2.61. The van der Waals surface area contributed by atoms with Gasteiger partial charge in [0, 0.05) is 11.8 Å². The Morgan fingerprint density at radius 3 is 2.67 bits per heavy atom. The van der Waals surface area contributed by atoms with Crippen molar-refractivity contribution >= 4 is 11.8 Å². The largest absolute Gasteiger partial charge is 0.468 e. The van der Waals surface area contributed by atoms with Gasteiger partial charge in [0.2, 0.25) is 0 Å². The lowest BCUT2D eigenvalue weighted by atomic mass is 9.64. The molecule has 1 aliphatic rings. The fourth-order valence-electron chi connectivity index (χ4n) is 3.96. The van der Waals surface area contributed by atoms with Crippen molar-refractivity contribution in [3.63, 3.8) is 0 Å². The summed E-state index contributed by atoms with van der Waals surface area (Å²) < 4.78 is 26.5. The molecule has 0 saturated carbocycles. The quantitative estimate of drug-likeness (QED) is 0.531. The molecule has 0 N–H and O–H groups in total. The molecular weight excluding hydrogens is 389 g/mol. The maximum atomic E-state index is 13.8. The number of aryl methyl sites for hydroxylation is 1. The fourth-order valence-corrected chi connectivity index (χ4v) is 3.96. The average molecular weight is 417 g/mol. The number of benzene rings is 1. The van der Waals surface area contributed by atoms with Crippen LogP contribution >= 0.6 is 0 Å². The highest BCUT2D eigenvalue weighted by molar-refractivity contribution is 6.07. The summed E-state index contributed by atoms with van der Waals surface area (Å²) in [7, 11) is 1.28. The Morgan fingerprint density at radius 2 is 2.00 bits per heavy atom. The number of Topliss-reactive ketones (excluding diaryl/α,β-unsaturated/α-hetero) is 1. The summed E-state index contributed by atoms with van der Waals surface area (Å²) in [6, 6.07) is 6.51. The van der Waals surface area contributed by atoms with Gasteiger partial charge in [0.1, 0.15) is 11.2 Å². The van der Waals surface area contributed by atoms with Gasteiger partial charge < -0.3 is 9.47 Å². The molecule has 0 spiro atoms. The predicted molar refractivity (Wildman–Crippen MR) is 107 cm³/mol. The van der Waals surface area contributed by atoms with Crippen molar-refractivity contribution in [1.29, 1.82) is 0 Å². The summed E-state index contributed by atoms with van der Waals surface area (Å²) in [6.07, 6.45) is 1.60. The maximum absolute atomic E-state index is 13.8. The fraction of sp³-hybridized carbons (Fsp3) is 0.545. The van der Waals surface area contributed by atoms with Crippen molar-refractivity contribution in [2.75, 3.05) is 7.11 Å². The second kappa shape index (κ2) is 8.26. The standard InChI is InChI=1S/C22H28FN3O4/c1-14-21(2,3)19(27)22(4,20(28)29-5)18(30-14)11-10-16-13-26(25-24-16)12-15-8-6-7-9-17(15)23/h6-9,13-14,18H,10-12H2,1-5H3/t14-,18?,22-/m1/s1. The van der Waals surface area contributed by atoms with E-state index in [4.69, 9.17) is 9.47 Å². The highest BCUT2D eigenvalue weighted by Crippen LogP contribution is 2.45. The molecule has 1 saturated heterocycles. The number of ketones is 1. The first kappa shape index (κ1) is 22.1. The zero-order valence-electron chi connectivity index (χ0n) is 18.0. The van der Waals surface area contributed by atoms with Crippen LogP contribution in [0.2, 0.25) is 0 Å². The van der Waals surface area contributed by atoms with Crippen molar-refractivity contribution in [1.82, 2.24) is 15.0 Å². The van der Waals surface area contributed by atoms with Crippen molar-refractivity contribution in [3.8, 4) is 0 Å². The maximum Gasteiger partial charge on any atom is 0.321 e. The minimum Gasteiger partial charge on any atom is -0.468 e. The van der Waals surface area contributed by atoms with Crippen LogP contribution in [-0.4, -0.2) is 46.1 Å². The monoisotopic (exact) mass is 417 g/mol. The van der Waals surface area contributed by atoms with E-state index in [0.29, 0.717) is 24.1 Å². The number of hydrogen-bond donors (Lipinski definition) is 0. The number of carbonyl (C=O) groups excluding carboxylic acids is 2. The van der Waals surface area contributed by atoms with Crippen molar-refractivity contribution in [2.45, 2.75) is 59.3 Å². The van der Waals surface area contributed by atoms with Gasteiger partial charge in [-0.1, -0.05) is 37.3 Å². The van der Waals surface area contributed by atoms with Crippen LogP contribution in [0.25, 0.3) is 0 Å². The Kier molecular flexibility index (Phi) is 6.08. The van der Waals surface area contributed by atoms with Crippen LogP contribution in [0.3, 0.4) is 0 Å². The van der Waals surface area contributed by atoms with Gasteiger partial charge in [-0.15, -0.1) is 5.10 Å². The van der Waals surface area contributed by atoms with E-state index < -0.39 is 22.9 Å². The summed E-state index contributed by atoms with van der Waals surface area (Å²) in [5.41, 5.74) is -1.01. The Bertz CT molecular complexity index is 942. The average Bonchev–Trinajstić information content (AvgIpc) is 3.17. The molecule has 2 aromatic rings. The SMILES string of the molecule is COC(=O)[C@@]1(C)C(=O)C(C)(C)[C@@H](C)OC1CCc1cn(Cc2ccccc2F)nn1. The van der Waals surface area contributed by atoms with Crippen LogP contribution in [0.15, 0.2) is 30.5 Å². The molecule has 1 fully saturated rings. The highest BCUT2D eigenvalue weighted by atomic mass is 19.1. The van der Waals surface area contributed by atoms with E-state index in [1.807, 2.05) is 6.92 Å². The number of halogens is 1. The minimum atomic E-state index is -1.39. The molecule has 1 aromatic heterocycles. The van der Waals surface area contributed by atoms with Crippen molar-refractivity contribution in [3.05, 3.63) is 47.5 Å². The van der Waals surface area contributed by atoms with Crippen LogP contribution in [0.1, 0.15) is 45.4 Å². The van der Waals surface area contributed by atoms with Gasteiger partial charge in [0.05, 0.1) is 37.0 Å². The zero-order valence-corrected chi connectivity index (χ0v) is 18.0. The molecule has 7 nitrogen and oxygen atoms in total. The van der Waals surface area contributed by atoms with Gasteiger partial charge in [0.15, 0.2) is 5.78 Å². The molecule has 1 aliphatic heterocycles. The predicted octanol–water partition coefficient (Wildman–Crippen LogP) is 2.96. The van der Waals surface area contributed by atoms with Gasteiger partial charge >= 0.3 is 5.97 Å². The summed E-state index contributed by atoms with van der Waals surface area (Å²) >= 11 is 0. The van der Waals surface area contributed by atoms with Crippen molar-refractivity contribution < 1.29 is 23.5 Å². The molecule has 1 aromatic carbocycles. The van der Waals surface area contributed by atoms with E-state index in [1.165, 1.54) is 13.2 Å². The molecule has 3 rings (SSSR count). The molecule has 0 bridgehead atoms. The molecule has 0 aliphatic carbocycles. The number of rotatable bonds is 6. The van der Waals surface area contributed by atoms with Crippen LogP contribution in [0.4, 0.5) is 4.39 Å². The Balaban J connectivity index is 1.74. The molecular formula is C22H28FN3O4. The van der Waals surface area contributed by atoms with Gasteiger partial charge in [-0.3, -0.25) is 9.59 Å². The molecule has 1 unspecified atom stereocenters. The summed E-state index contributed by atoms with van der Waals surface area (Å²) in [5, 5.41) is 8.20. The first-order valence-electron chi connectivity index (χ1n) is 10.0. The zero-order chi connectivity index (χ0) is 22.1. The number of ether oxygens (including phenoxy) is 2. The van der Waals surface area contributed by atoms with Gasteiger partial charge in [-0.05, 0) is 32.8 Å². The van der Waals surface area contributed by atoms with Crippen LogP contribution in [-0.2, 0) is 32.0 Å². The number of esters is 1. The molecule has 162 valence electrons. The van der Waals surface area contributed by atoms with E-state index in [2.05, 4.69) is 10.3 Å². The minimum absolute atomic E-state index is 0.186. The molecule has 0 amide bonds. The third kappa shape index (κ3) is 3.88. The van der Waals surface area contributed by atoms with Crippen LogP contribution < -0.4 is 0 Å². The number of hydrogen-bond acceptors (Lipinski definition) is 6. The molecule has 2 heterocycles. The van der Waals surface area contributed by atoms with Gasteiger partial charge in [-0.25, -0.2) is 9.07 Å². The Morgan fingerprint density at radius 1 is 1.30 bits per heavy atom. The molecule has 30 heavy (non-hydrogen) atoms. The third-order valence-electron chi connectivity index (χ3n) is 6.23. The number of carbonyl (C=O) groups is 2. The number of methoxy groups -OCH3 is 1. The Labute approximate surface area is 175 Å². The normalized spacial score (nSPS) is 25.9. The van der Waals surface area contributed by atoms with Crippen LogP contribution in [0, 0.1) is 16.6 Å². The van der Waals surface area contributed by atoms with Gasteiger partial charge in [0.25, 0.3) is 0 Å². The summed E-state index contributed by atoms with van der Waals surface area (Å²) in [6.45, 7) is 7.27. The highest BCUT2D eigenvalue weighted by Gasteiger charge is 2.60. The van der Waals surface area contributed by atoms with E-state index in [-0.39, 0.29) is 24.2 Å². The topological polar surface area (TPSA) is 83.3 Å². The molecule has 3 atom stereocenters. The second-order valence-electron chi connectivity index (χ2n) is 8.55. The van der Waals surface area contributed by atoms with E-state index in [9.17, 15) is 14.0 Å². The summed E-state index contributed by atoms with van der Waals surface area (Å²) in [4.78, 5) is 25.8. The molecule has 8 heteroatoms. The smallest absolute Gasteiger partial charge is 0.321 e. The van der Waals surface area contributed by atoms with E-state index in [1.54, 1.807) is 49.8 Å². The molecule has 0 radical (unpaired) electrons. The number of aromatic nitrogens is 3. The first-order chi connectivity index (χ1) is 14.1. The first-order valence-corrected chi connectivity index (χ1v) is 10.0. The Hall–Kier alpha value is -2.61. The van der Waals surface area contributed by atoms with Gasteiger partial charge in [-0.2, -0.15) is 0 Å². The van der Waals surface area contributed by atoms with E-state index in [0.717, 1.165) is 0 Å². The third-order valence-corrected chi connectivity index (χ3v) is 6.23. The van der Waals surface area contributed by atoms with E-state index >= 15 is 0 Å². The summed E-state index contributed by atoms with van der Waals surface area (Å²) in [5.74, 6) is -1.08. The van der Waals surface area contributed by atoms with Crippen molar-refractivity contribution in [2.24, 2.45) is 10.8 Å². The lowest BCUT2D eigenvalue weighted by molar-refractivity contribution is -0.199. The van der Waals surface area contributed by atoms with Crippen LogP contribution in [0.5, 0.6) is 0 Å². The number of nitrogens with zero attached hydrogens (tertiary/aromatic N) is 3. The lowest BCUT2D eigenvalue weighted by Gasteiger charge is -2.48.